The van der Waals surface area contributed by atoms with Gasteiger partial charge in [0, 0.05) is 6.61 Å². The van der Waals surface area contributed by atoms with Crippen molar-refractivity contribution >= 4 is 0 Å². The van der Waals surface area contributed by atoms with E-state index in [-0.39, 0.29) is 29.0 Å². The highest BCUT2D eigenvalue weighted by molar-refractivity contribution is 5.17. The van der Waals surface area contributed by atoms with E-state index in [0.29, 0.717) is 24.2 Å². The van der Waals surface area contributed by atoms with Crippen molar-refractivity contribution in [3.05, 3.63) is 0 Å². The van der Waals surface area contributed by atoms with Gasteiger partial charge in [-0.25, -0.2) is 0 Å². The highest BCUT2D eigenvalue weighted by atomic mass is 16.7. The number of rotatable bonds is 4. The molecule has 1 saturated heterocycles. The zero-order chi connectivity index (χ0) is 24.7. The van der Waals surface area contributed by atoms with Gasteiger partial charge in [0.2, 0.25) is 0 Å². The summed E-state index contributed by atoms with van der Waals surface area (Å²) in [4.78, 5) is 0. The summed E-state index contributed by atoms with van der Waals surface area (Å²) < 4.78 is 11.9. The van der Waals surface area contributed by atoms with Crippen molar-refractivity contribution < 1.29 is 40.1 Å². The Labute approximate surface area is 202 Å². The first-order chi connectivity index (χ1) is 15.9. The number of hydrogen-bond donors (Lipinski definition) is 6. The molecule has 5 rings (SSSR count). The Morgan fingerprint density at radius 2 is 1.62 bits per heavy atom. The van der Waals surface area contributed by atoms with Gasteiger partial charge in [0.25, 0.3) is 0 Å². The minimum atomic E-state index is -1.47. The average Bonchev–Trinajstić information content (AvgIpc) is 2.96. The molecule has 0 aromatic rings. The fourth-order valence-electron chi connectivity index (χ4n) is 9.69. The lowest BCUT2D eigenvalue weighted by molar-refractivity contribution is -0.323. The quantitative estimate of drug-likeness (QED) is 0.324. The van der Waals surface area contributed by atoms with Gasteiger partial charge in [0.05, 0.1) is 18.3 Å². The number of aliphatic hydroxyl groups is 6. The standard InChI is InChI=1S/C26H44O8/c1-23(13-28)9-15(33-22-21(31)20(30)19(29)16(11-27)34-22)10-24(2)17(23)6-7-26-8-14(4-5-18(24)26)25(3,32)12-26/h14-22,27-32H,4-13H2,1-3H3/t14-,15-,16-,17-,18+,19-,20-,21-,22-,23+,24-,25-,26+/m1/s1. The molecular formula is C26H44O8. The zero-order valence-electron chi connectivity index (χ0n) is 20.8. The van der Waals surface area contributed by atoms with Gasteiger partial charge in [-0.2, -0.15) is 0 Å². The molecule has 2 bridgehead atoms. The third kappa shape index (κ3) is 3.63. The van der Waals surface area contributed by atoms with Gasteiger partial charge in [0.1, 0.15) is 24.4 Å². The van der Waals surface area contributed by atoms with Crippen molar-refractivity contribution in [2.45, 2.75) is 115 Å². The van der Waals surface area contributed by atoms with Crippen molar-refractivity contribution in [3.8, 4) is 0 Å². The summed E-state index contributed by atoms with van der Waals surface area (Å²) in [6, 6.07) is 0. The van der Waals surface area contributed by atoms with Crippen molar-refractivity contribution in [1.29, 1.82) is 0 Å². The molecule has 0 aromatic heterocycles. The first-order valence-corrected chi connectivity index (χ1v) is 13.2. The van der Waals surface area contributed by atoms with Crippen LogP contribution >= 0.6 is 0 Å². The van der Waals surface area contributed by atoms with E-state index >= 15 is 0 Å². The van der Waals surface area contributed by atoms with Gasteiger partial charge in [0.15, 0.2) is 6.29 Å². The molecule has 8 nitrogen and oxygen atoms in total. The summed E-state index contributed by atoms with van der Waals surface area (Å²) in [6.45, 7) is 6.03. The summed E-state index contributed by atoms with van der Waals surface area (Å²) in [6.07, 6.45) is 0.692. The molecule has 34 heavy (non-hydrogen) atoms. The Kier molecular flexibility index (Phi) is 6.22. The van der Waals surface area contributed by atoms with E-state index in [1.165, 1.54) is 0 Å². The molecule has 0 amide bonds. The molecule has 0 unspecified atom stereocenters. The largest absolute Gasteiger partial charge is 0.396 e. The second-order valence-corrected chi connectivity index (χ2v) is 13.2. The van der Waals surface area contributed by atoms with Crippen LogP contribution in [0.4, 0.5) is 0 Å². The minimum absolute atomic E-state index is 0.0435. The van der Waals surface area contributed by atoms with Crippen molar-refractivity contribution in [1.82, 2.24) is 0 Å². The Balaban J connectivity index is 1.42. The van der Waals surface area contributed by atoms with Crippen LogP contribution in [0.5, 0.6) is 0 Å². The van der Waals surface area contributed by atoms with Gasteiger partial charge in [-0.15, -0.1) is 0 Å². The zero-order valence-corrected chi connectivity index (χ0v) is 20.8. The topological polar surface area (TPSA) is 140 Å². The van der Waals surface area contributed by atoms with Crippen LogP contribution in [0.1, 0.15) is 72.1 Å². The molecule has 4 saturated carbocycles. The van der Waals surface area contributed by atoms with Gasteiger partial charge in [-0.3, -0.25) is 0 Å². The normalized spacial score (nSPS) is 59.4. The molecule has 0 aromatic carbocycles. The Hall–Kier alpha value is -0.320. The first kappa shape index (κ1) is 25.3. The van der Waals surface area contributed by atoms with E-state index in [1.807, 2.05) is 6.92 Å². The van der Waals surface area contributed by atoms with Crippen molar-refractivity contribution in [2.24, 2.45) is 34.0 Å². The lowest BCUT2D eigenvalue weighted by atomic mass is 9.40. The SMILES string of the molecule is C[C@@]1(CO)C[C@@H](O[C@@H]2O[C@H](CO)[C@@H](O)[C@@H](O)[C@H]2O)C[C@]2(C)[C@@H]1CC[C@@]13C[C@@H](CC[C@H]12)[C@](C)(O)C3. The summed E-state index contributed by atoms with van der Waals surface area (Å²) in [7, 11) is 0. The van der Waals surface area contributed by atoms with Gasteiger partial charge in [-0.05, 0) is 92.3 Å². The minimum Gasteiger partial charge on any atom is -0.396 e. The summed E-state index contributed by atoms with van der Waals surface area (Å²) in [5.41, 5.74) is -0.943. The lowest BCUT2D eigenvalue weighted by Gasteiger charge is -2.65. The molecular weight excluding hydrogens is 440 g/mol. The average molecular weight is 485 g/mol. The maximum atomic E-state index is 11.1. The van der Waals surface area contributed by atoms with Crippen LogP contribution in [0.25, 0.3) is 0 Å². The van der Waals surface area contributed by atoms with Gasteiger partial charge in [-0.1, -0.05) is 13.8 Å². The molecule has 6 N–H and O–H groups in total. The Bertz CT molecular complexity index is 774. The second-order valence-electron chi connectivity index (χ2n) is 13.2. The van der Waals surface area contributed by atoms with E-state index < -0.39 is 42.9 Å². The molecule has 1 aliphatic heterocycles. The molecule has 4 aliphatic carbocycles. The number of hydrogen-bond acceptors (Lipinski definition) is 8. The van der Waals surface area contributed by atoms with E-state index in [9.17, 15) is 30.6 Å². The Morgan fingerprint density at radius 1 is 0.882 bits per heavy atom. The van der Waals surface area contributed by atoms with Gasteiger partial charge < -0.3 is 40.1 Å². The number of aliphatic hydroxyl groups excluding tert-OH is 5. The molecule has 196 valence electrons. The summed E-state index contributed by atoms with van der Waals surface area (Å²) in [5, 5.41) is 62.2. The van der Waals surface area contributed by atoms with Crippen LogP contribution in [0.2, 0.25) is 0 Å². The molecule has 5 aliphatic rings. The third-order valence-electron chi connectivity index (χ3n) is 11.0. The van der Waals surface area contributed by atoms with Crippen LogP contribution in [0.3, 0.4) is 0 Å². The summed E-state index contributed by atoms with van der Waals surface area (Å²) >= 11 is 0. The van der Waals surface area contributed by atoms with Crippen molar-refractivity contribution in [2.75, 3.05) is 13.2 Å². The second kappa shape index (κ2) is 8.35. The van der Waals surface area contributed by atoms with E-state index in [0.717, 1.165) is 44.9 Å². The fourth-order valence-corrected chi connectivity index (χ4v) is 9.69. The number of ether oxygens (including phenoxy) is 2. The third-order valence-corrected chi connectivity index (χ3v) is 11.0. The molecule has 1 spiro atoms. The highest BCUT2D eigenvalue weighted by Crippen LogP contribution is 2.73. The molecule has 13 atom stereocenters. The summed E-state index contributed by atoms with van der Waals surface area (Å²) in [5.74, 6) is 1.12. The van der Waals surface area contributed by atoms with Crippen LogP contribution in [-0.2, 0) is 9.47 Å². The van der Waals surface area contributed by atoms with Crippen LogP contribution < -0.4 is 0 Å². The maximum Gasteiger partial charge on any atom is 0.186 e. The van der Waals surface area contributed by atoms with Gasteiger partial charge >= 0.3 is 0 Å². The monoisotopic (exact) mass is 484 g/mol. The molecule has 1 heterocycles. The van der Waals surface area contributed by atoms with E-state index in [4.69, 9.17) is 9.47 Å². The predicted octanol–water partition coefficient (Wildman–Crippen LogP) is 0.938. The molecule has 0 radical (unpaired) electrons. The molecule has 5 fully saturated rings. The van der Waals surface area contributed by atoms with Crippen molar-refractivity contribution in [3.63, 3.8) is 0 Å². The van der Waals surface area contributed by atoms with Crippen LogP contribution in [-0.4, -0.2) is 86.3 Å². The highest BCUT2D eigenvalue weighted by Gasteiger charge is 2.67. The van der Waals surface area contributed by atoms with Crippen LogP contribution in [0.15, 0.2) is 0 Å². The Morgan fingerprint density at radius 3 is 2.29 bits per heavy atom. The van der Waals surface area contributed by atoms with E-state index in [1.54, 1.807) is 0 Å². The fraction of sp³-hybridized carbons (Fsp3) is 1.00. The number of fused-ring (bicyclic) bond motifs is 3. The molecule has 8 heteroatoms. The maximum absolute atomic E-state index is 11.1. The van der Waals surface area contributed by atoms with Crippen LogP contribution in [0, 0.1) is 34.0 Å². The lowest BCUT2D eigenvalue weighted by Crippen LogP contribution is -2.62. The predicted molar refractivity (Wildman–Crippen MR) is 122 cm³/mol. The first-order valence-electron chi connectivity index (χ1n) is 13.2. The van der Waals surface area contributed by atoms with E-state index in [2.05, 4.69) is 13.8 Å². The smallest absolute Gasteiger partial charge is 0.186 e.